The third-order valence-corrected chi connectivity index (χ3v) is 5.79. The van der Waals surface area contributed by atoms with Gasteiger partial charge in [-0.1, -0.05) is 22.9 Å². The molecule has 2 aliphatic rings. The van der Waals surface area contributed by atoms with Crippen LogP contribution in [0.4, 0.5) is 5.13 Å². The molecule has 0 aliphatic carbocycles. The van der Waals surface area contributed by atoms with Crippen molar-refractivity contribution in [3.63, 3.8) is 0 Å². The Morgan fingerprint density at radius 2 is 2.17 bits per heavy atom. The Morgan fingerprint density at radius 3 is 2.91 bits per heavy atom. The number of fused-ring (bicyclic) bond motifs is 1. The molecule has 1 N–H and O–H groups in total. The van der Waals surface area contributed by atoms with Crippen LogP contribution in [0.15, 0.2) is 18.2 Å². The largest absolute Gasteiger partial charge is 0.381 e. The first-order valence-electron chi connectivity index (χ1n) is 7.91. The smallest absolute Gasteiger partial charge is 0.243 e. The van der Waals surface area contributed by atoms with Gasteiger partial charge in [0, 0.05) is 30.8 Å². The maximum Gasteiger partial charge on any atom is 0.243 e. The summed E-state index contributed by atoms with van der Waals surface area (Å²) in [6.07, 6.45) is 2.95. The van der Waals surface area contributed by atoms with Gasteiger partial charge in [-0.05, 0) is 37.5 Å². The first-order valence-corrected chi connectivity index (χ1v) is 9.10. The van der Waals surface area contributed by atoms with Gasteiger partial charge in [0.1, 0.15) is 0 Å². The van der Waals surface area contributed by atoms with Gasteiger partial charge < -0.3 is 10.1 Å². The zero-order valence-electron chi connectivity index (χ0n) is 12.6. The van der Waals surface area contributed by atoms with Crippen molar-refractivity contribution in [1.82, 2.24) is 9.88 Å². The summed E-state index contributed by atoms with van der Waals surface area (Å²) in [6.45, 7) is 2.60. The molecule has 1 aromatic carbocycles. The number of carbonyl (C=O) groups excluding carboxylic acids is 1. The van der Waals surface area contributed by atoms with Crippen molar-refractivity contribution < 1.29 is 9.53 Å². The van der Waals surface area contributed by atoms with E-state index in [4.69, 9.17) is 16.3 Å². The van der Waals surface area contributed by atoms with Crippen molar-refractivity contribution in [1.29, 1.82) is 0 Å². The zero-order valence-corrected chi connectivity index (χ0v) is 14.2. The molecule has 2 fully saturated rings. The summed E-state index contributed by atoms with van der Waals surface area (Å²) in [7, 11) is 0. The molecule has 0 radical (unpaired) electrons. The first kappa shape index (κ1) is 15.3. The van der Waals surface area contributed by atoms with Gasteiger partial charge in [-0.3, -0.25) is 9.69 Å². The first-order chi connectivity index (χ1) is 11.2. The number of rotatable bonds is 3. The monoisotopic (exact) mass is 351 g/mol. The van der Waals surface area contributed by atoms with E-state index in [2.05, 4.69) is 15.2 Å². The van der Waals surface area contributed by atoms with Gasteiger partial charge >= 0.3 is 0 Å². The van der Waals surface area contributed by atoms with E-state index >= 15 is 0 Å². The number of thiazole rings is 1. The maximum atomic E-state index is 12.5. The summed E-state index contributed by atoms with van der Waals surface area (Å²) in [5, 5.41) is 4.28. The topological polar surface area (TPSA) is 54.5 Å². The highest BCUT2D eigenvalue weighted by atomic mass is 35.5. The highest BCUT2D eigenvalue weighted by Gasteiger charge is 2.39. The summed E-state index contributed by atoms with van der Waals surface area (Å²) < 4.78 is 6.43. The fourth-order valence-electron chi connectivity index (χ4n) is 3.29. The molecule has 2 aliphatic heterocycles. The predicted octanol–water partition coefficient (Wildman–Crippen LogP) is 3.14. The second kappa shape index (κ2) is 6.36. The summed E-state index contributed by atoms with van der Waals surface area (Å²) in [5.41, 5.74) is 0.827. The van der Waals surface area contributed by atoms with Crippen LogP contribution in [0.3, 0.4) is 0 Å². The summed E-state index contributed by atoms with van der Waals surface area (Å²) in [5.74, 6) is 0.0490. The summed E-state index contributed by atoms with van der Waals surface area (Å²) >= 11 is 7.46. The van der Waals surface area contributed by atoms with Crippen molar-refractivity contribution in [2.45, 2.75) is 31.3 Å². The summed E-state index contributed by atoms with van der Waals surface area (Å²) in [4.78, 5) is 19.3. The number of hydrogen-bond acceptors (Lipinski definition) is 5. The lowest BCUT2D eigenvalue weighted by molar-refractivity contribution is -0.129. The Kier molecular flexibility index (Phi) is 4.24. The molecule has 0 bridgehead atoms. The quantitative estimate of drug-likeness (QED) is 0.923. The molecule has 5 nitrogen and oxygen atoms in total. The molecule has 4 rings (SSSR count). The van der Waals surface area contributed by atoms with E-state index in [9.17, 15) is 4.79 Å². The number of halogens is 1. The fraction of sp³-hybridized carbons (Fsp3) is 0.500. The second-order valence-electron chi connectivity index (χ2n) is 6.01. The molecule has 1 aromatic heterocycles. The van der Waals surface area contributed by atoms with Crippen molar-refractivity contribution in [3.8, 4) is 0 Å². The highest BCUT2D eigenvalue weighted by molar-refractivity contribution is 7.22. The lowest BCUT2D eigenvalue weighted by atomic mass is 9.95. The Bertz CT molecular complexity index is 729. The van der Waals surface area contributed by atoms with Crippen LogP contribution < -0.4 is 5.32 Å². The van der Waals surface area contributed by atoms with Gasteiger partial charge in [0.2, 0.25) is 5.91 Å². The van der Waals surface area contributed by atoms with Gasteiger partial charge in [-0.15, -0.1) is 0 Å². The average Bonchev–Trinajstić information content (AvgIpc) is 2.88. The van der Waals surface area contributed by atoms with Crippen molar-refractivity contribution in [2.75, 3.05) is 25.1 Å². The number of anilines is 1. The van der Waals surface area contributed by atoms with Gasteiger partial charge in [0.05, 0.1) is 16.3 Å². The molecular weight excluding hydrogens is 334 g/mol. The minimum Gasteiger partial charge on any atom is -0.381 e. The molecule has 0 spiro atoms. The molecule has 23 heavy (non-hydrogen) atoms. The maximum absolute atomic E-state index is 12.5. The van der Waals surface area contributed by atoms with Crippen molar-refractivity contribution in [2.24, 2.45) is 0 Å². The minimum absolute atomic E-state index is 0.0336. The Balaban J connectivity index is 1.44. The van der Waals surface area contributed by atoms with Gasteiger partial charge in [-0.2, -0.15) is 0 Å². The van der Waals surface area contributed by atoms with Gasteiger partial charge in [0.15, 0.2) is 5.13 Å². The van der Waals surface area contributed by atoms with E-state index in [-0.39, 0.29) is 11.9 Å². The Morgan fingerprint density at radius 1 is 1.35 bits per heavy atom. The number of aromatic nitrogens is 1. The normalized spacial score (nSPS) is 22.9. The van der Waals surface area contributed by atoms with Crippen LogP contribution in [0, 0.1) is 0 Å². The number of carbonyl (C=O) groups is 1. The van der Waals surface area contributed by atoms with E-state index in [1.54, 1.807) is 0 Å². The van der Waals surface area contributed by atoms with Gasteiger partial charge in [0.25, 0.3) is 0 Å². The number of benzene rings is 1. The molecule has 1 unspecified atom stereocenters. The van der Waals surface area contributed by atoms with Crippen molar-refractivity contribution >= 4 is 44.2 Å². The molecule has 1 atom stereocenters. The third kappa shape index (κ3) is 3.08. The fourth-order valence-corrected chi connectivity index (χ4v) is 4.30. The predicted molar refractivity (Wildman–Crippen MR) is 92.2 cm³/mol. The third-order valence-electron chi connectivity index (χ3n) is 4.60. The zero-order chi connectivity index (χ0) is 15.8. The van der Waals surface area contributed by atoms with Gasteiger partial charge in [-0.25, -0.2) is 4.98 Å². The molecule has 3 heterocycles. The highest BCUT2D eigenvalue weighted by Crippen LogP contribution is 2.30. The van der Waals surface area contributed by atoms with Crippen LogP contribution in [0.5, 0.6) is 0 Å². The number of nitrogens with zero attached hydrogens (tertiary/aromatic N) is 2. The Labute approximate surface area is 143 Å². The molecular formula is C16H18ClN3O2S. The SMILES string of the molecule is O=C(Nc1nc2cc(Cl)ccc2s1)C1CCN1C1CCOCC1. The molecule has 2 saturated heterocycles. The molecule has 7 heteroatoms. The summed E-state index contributed by atoms with van der Waals surface area (Å²) in [6, 6.07) is 6.03. The number of hydrogen-bond donors (Lipinski definition) is 1. The Hall–Kier alpha value is -1.21. The molecule has 122 valence electrons. The average molecular weight is 352 g/mol. The van der Waals surface area contributed by atoms with E-state index < -0.39 is 0 Å². The minimum atomic E-state index is -0.0336. The molecule has 2 aromatic rings. The van der Waals surface area contributed by atoms with Crippen LogP contribution in [-0.2, 0) is 9.53 Å². The number of amides is 1. The number of nitrogens with one attached hydrogen (secondary N) is 1. The van der Waals surface area contributed by atoms with Crippen LogP contribution >= 0.6 is 22.9 Å². The van der Waals surface area contributed by atoms with E-state index in [1.165, 1.54) is 11.3 Å². The molecule has 0 saturated carbocycles. The van der Waals surface area contributed by atoms with Crippen LogP contribution in [0.2, 0.25) is 5.02 Å². The second-order valence-corrected chi connectivity index (χ2v) is 7.47. The molecule has 1 amide bonds. The number of likely N-dealkylation sites (tertiary alicyclic amines) is 1. The van der Waals surface area contributed by atoms with Crippen molar-refractivity contribution in [3.05, 3.63) is 23.2 Å². The standard InChI is InChI=1S/C16H18ClN3O2S/c17-10-1-2-14-12(9-10)18-16(23-14)19-15(21)13-3-6-20(13)11-4-7-22-8-5-11/h1-2,9,11,13H,3-8H2,(H,18,19,21). The van der Waals surface area contributed by atoms with E-state index in [0.29, 0.717) is 16.2 Å². The van der Waals surface area contributed by atoms with E-state index in [0.717, 1.165) is 49.2 Å². The lowest BCUT2D eigenvalue weighted by Crippen LogP contribution is -2.59. The van der Waals surface area contributed by atoms with Crippen LogP contribution in [0.1, 0.15) is 19.3 Å². The van der Waals surface area contributed by atoms with E-state index in [1.807, 2.05) is 18.2 Å². The van der Waals surface area contributed by atoms with Crippen LogP contribution in [0.25, 0.3) is 10.2 Å². The number of ether oxygens (including phenoxy) is 1. The van der Waals surface area contributed by atoms with Crippen LogP contribution in [-0.4, -0.2) is 47.6 Å². The lowest BCUT2D eigenvalue weighted by Gasteiger charge is -2.46.